The summed E-state index contributed by atoms with van der Waals surface area (Å²) in [5.74, 6) is 0. The third-order valence-electron chi connectivity index (χ3n) is 3.71. The van der Waals surface area contributed by atoms with E-state index in [2.05, 4.69) is 0 Å². The van der Waals surface area contributed by atoms with Crippen LogP contribution in [0.25, 0.3) is 0 Å². The molecule has 1 aliphatic heterocycles. The lowest BCUT2D eigenvalue weighted by Crippen LogP contribution is -2.52. The first kappa shape index (κ1) is 11.7. The maximum absolute atomic E-state index is 11.8. The molecule has 1 saturated heterocycles. The van der Waals surface area contributed by atoms with Crippen molar-refractivity contribution in [1.82, 2.24) is 4.90 Å². The van der Waals surface area contributed by atoms with Gasteiger partial charge >= 0.3 is 6.09 Å². The molecule has 92 valence electrons. The van der Waals surface area contributed by atoms with E-state index in [1.165, 1.54) is 25.7 Å². The molecule has 0 aromatic rings. The molecular weight excluding hydrogens is 206 g/mol. The molecule has 1 amide bonds. The fourth-order valence-electron chi connectivity index (χ4n) is 2.81. The molecule has 0 radical (unpaired) electrons. The van der Waals surface area contributed by atoms with E-state index in [-0.39, 0.29) is 24.8 Å². The van der Waals surface area contributed by atoms with Crippen LogP contribution < -0.4 is 0 Å². The van der Waals surface area contributed by atoms with E-state index in [9.17, 15) is 9.90 Å². The normalized spacial score (nSPS) is 28.7. The van der Waals surface area contributed by atoms with Gasteiger partial charge in [-0.15, -0.1) is 0 Å². The zero-order valence-electron chi connectivity index (χ0n) is 9.73. The van der Waals surface area contributed by atoms with Crippen molar-refractivity contribution in [1.29, 1.82) is 0 Å². The minimum atomic E-state index is -0.225. The van der Waals surface area contributed by atoms with Crippen molar-refractivity contribution < 1.29 is 14.6 Å². The molecule has 1 saturated carbocycles. The zero-order chi connectivity index (χ0) is 11.4. The number of cyclic esters (lactones) is 1. The average molecular weight is 227 g/mol. The van der Waals surface area contributed by atoms with Gasteiger partial charge in [-0.2, -0.15) is 0 Å². The zero-order valence-corrected chi connectivity index (χ0v) is 9.73. The third kappa shape index (κ3) is 2.48. The number of carbonyl (C=O) groups is 1. The van der Waals surface area contributed by atoms with Gasteiger partial charge in [0.15, 0.2) is 0 Å². The van der Waals surface area contributed by atoms with Crippen LogP contribution in [0.15, 0.2) is 0 Å². The SMILES string of the molecule is O=C1OCCC(CO)N1C1CCCCCC1. The van der Waals surface area contributed by atoms with Crippen LogP contribution >= 0.6 is 0 Å². The predicted octanol–water partition coefficient (Wildman–Crippen LogP) is 1.91. The Morgan fingerprint density at radius 2 is 1.88 bits per heavy atom. The highest BCUT2D eigenvalue weighted by Gasteiger charge is 2.34. The number of rotatable bonds is 2. The van der Waals surface area contributed by atoms with E-state index in [0.717, 1.165) is 19.3 Å². The molecule has 1 aliphatic carbocycles. The largest absolute Gasteiger partial charge is 0.449 e. The summed E-state index contributed by atoms with van der Waals surface area (Å²) in [6.07, 6.45) is 7.57. The van der Waals surface area contributed by atoms with Crippen LogP contribution in [-0.2, 0) is 4.74 Å². The Morgan fingerprint density at radius 3 is 2.50 bits per heavy atom. The van der Waals surface area contributed by atoms with Crippen molar-refractivity contribution in [2.24, 2.45) is 0 Å². The summed E-state index contributed by atoms with van der Waals surface area (Å²) in [7, 11) is 0. The fourth-order valence-corrected chi connectivity index (χ4v) is 2.81. The molecule has 1 N–H and O–H groups in total. The third-order valence-corrected chi connectivity index (χ3v) is 3.71. The number of carbonyl (C=O) groups excluding carboxylic acids is 1. The molecule has 0 aromatic carbocycles. The molecule has 1 unspecified atom stereocenters. The fraction of sp³-hybridized carbons (Fsp3) is 0.917. The van der Waals surface area contributed by atoms with E-state index < -0.39 is 0 Å². The van der Waals surface area contributed by atoms with E-state index in [1.54, 1.807) is 4.90 Å². The molecule has 4 nitrogen and oxygen atoms in total. The van der Waals surface area contributed by atoms with Crippen LogP contribution in [0, 0.1) is 0 Å². The van der Waals surface area contributed by atoms with Crippen molar-refractivity contribution in [3.05, 3.63) is 0 Å². The molecule has 0 spiro atoms. The molecule has 0 bridgehead atoms. The highest BCUT2D eigenvalue weighted by atomic mass is 16.6. The minimum Gasteiger partial charge on any atom is -0.449 e. The Labute approximate surface area is 96.6 Å². The highest BCUT2D eigenvalue weighted by molar-refractivity contribution is 5.69. The maximum Gasteiger partial charge on any atom is 0.410 e. The number of ether oxygens (including phenoxy) is 1. The lowest BCUT2D eigenvalue weighted by molar-refractivity contribution is 0.00255. The topological polar surface area (TPSA) is 49.8 Å². The lowest BCUT2D eigenvalue weighted by atomic mass is 10.0. The molecule has 0 aromatic heterocycles. The van der Waals surface area contributed by atoms with Gasteiger partial charge in [0.1, 0.15) is 0 Å². The number of amides is 1. The Kier molecular flexibility index (Phi) is 4.04. The number of nitrogens with zero attached hydrogens (tertiary/aromatic N) is 1. The van der Waals surface area contributed by atoms with Crippen LogP contribution in [0.4, 0.5) is 4.79 Å². The molecule has 2 fully saturated rings. The van der Waals surface area contributed by atoms with Crippen LogP contribution in [0.3, 0.4) is 0 Å². The first-order valence-electron chi connectivity index (χ1n) is 6.39. The van der Waals surface area contributed by atoms with Crippen molar-refractivity contribution in [2.45, 2.75) is 57.0 Å². The Morgan fingerprint density at radius 1 is 1.19 bits per heavy atom. The standard InChI is InChI=1S/C12H21NO3/c14-9-11-7-8-16-12(15)13(11)10-5-3-1-2-4-6-10/h10-11,14H,1-9H2. The summed E-state index contributed by atoms with van der Waals surface area (Å²) in [5, 5.41) is 9.33. The molecule has 2 aliphatic rings. The second-order valence-corrected chi connectivity index (χ2v) is 4.79. The molecule has 2 rings (SSSR count). The quantitative estimate of drug-likeness (QED) is 0.733. The molecule has 1 heterocycles. The van der Waals surface area contributed by atoms with Gasteiger partial charge in [0, 0.05) is 12.5 Å². The van der Waals surface area contributed by atoms with Crippen molar-refractivity contribution in [3.8, 4) is 0 Å². The average Bonchev–Trinajstić information content (AvgIpc) is 2.57. The van der Waals surface area contributed by atoms with Gasteiger partial charge < -0.3 is 9.84 Å². The maximum atomic E-state index is 11.8. The van der Waals surface area contributed by atoms with Gasteiger partial charge in [0.25, 0.3) is 0 Å². The smallest absolute Gasteiger partial charge is 0.410 e. The summed E-state index contributed by atoms with van der Waals surface area (Å²) < 4.78 is 5.09. The number of hydrogen-bond donors (Lipinski definition) is 1. The summed E-state index contributed by atoms with van der Waals surface area (Å²) in [6, 6.07) is 0.261. The van der Waals surface area contributed by atoms with Crippen molar-refractivity contribution in [2.75, 3.05) is 13.2 Å². The summed E-state index contributed by atoms with van der Waals surface area (Å²) in [5.41, 5.74) is 0. The first-order chi connectivity index (χ1) is 7.83. The molecule has 1 atom stereocenters. The number of aliphatic hydroxyl groups excluding tert-OH is 1. The Hall–Kier alpha value is -0.770. The Balaban J connectivity index is 2.04. The molecule has 16 heavy (non-hydrogen) atoms. The van der Waals surface area contributed by atoms with Gasteiger partial charge in [-0.3, -0.25) is 4.90 Å². The van der Waals surface area contributed by atoms with Gasteiger partial charge in [-0.05, 0) is 12.8 Å². The lowest BCUT2D eigenvalue weighted by Gasteiger charge is -2.39. The van der Waals surface area contributed by atoms with E-state index >= 15 is 0 Å². The van der Waals surface area contributed by atoms with Gasteiger partial charge in [-0.1, -0.05) is 25.7 Å². The second kappa shape index (κ2) is 5.53. The Bertz CT molecular complexity index is 236. The summed E-state index contributed by atoms with van der Waals surface area (Å²) in [6.45, 7) is 0.513. The van der Waals surface area contributed by atoms with Crippen LogP contribution in [0.1, 0.15) is 44.9 Å². The van der Waals surface area contributed by atoms with Crippen molar-refractivity contribution >= 4 is 6.09 Å². The van der Waals surface area contributed by atoms with Gasteiger partial charge in [-0.25, -0.2) is 4.79 Å². The van der Waals surface area contributed by atoms with Crippen molar-refractivity contribution in [3.63, 3.8) is 0 Å². The number of hydrogen-bond acceptors (Lipinski definition) is 3. The summed E-state index contributed by atoms with van der Waals surface area (Å²) >= 11 is 0. The molecular formula is C12H21NO3. The van der Waals surface area contributed by atoms with E-state index in [4.69, 9.17) is 4.74 Å². The second-order valence-electron chi connectivity index (χ2n) is 4.79. The van der Waals surface area contributed by atoms with Crippen LogP contribution in [0.2, 0.25) is 0 Å². The van der Waals surface area contributed by atoms with Crippen LogP contribution in [-0.4, -0.2) is 41.4 Å². The first-order valence-corrected chi connectivity index (χ1v) is 6.39. The number of aliphatic hydroxyl groups is 1. The van der Waals surface area contributed by atoms with E-state index in [0.29, 0.717) is 6.61 Å². The van der Waals surface area contributed by atoms with Gasteiger partial charge in [0.05, 0.1) is 19.3 Å². The minimum absolute atomic E-state index is 0.0238. The monoisotopic (exact) mass is 227 g/mol. The van der Waals surface area contributed by atoms with E-state index in [1.807, 2.05) is 0 Å². The highest BCUT2D eigenvalue weighted by Crippen LogP contribution is 2.26. The van der Waals surface area contributed by atoms with Crippen LogP contribution in [0.5, 0.6) is 0 Å². The summed E-state index contributed by atoms with van der Waals surface area (Å²) in [4.78, 5) is 13.6. The predicted molar refractivity (Wildman–Crippen MR) is 60.2 cm³/mol. The molecule has 4 heteroatoms. The van der Waals surface area contributed by atoms with Gasteiger partial charge in [0.2, 0.25) is 0 Å².